The van der Waals surface area contributed by atoms with E-state index >= 15 is 0 Å². The highest BCUT2D eigenvalue weighted by Gasteiger charge is 2.27. The smallest absolute Gasteiger partial charge is 0.339 e. The molecule has 2 aromatic heterocycles. The lowest BCUT2D eigenvalue weighted by Gasteiger charge is -2.24. The van der Waals surface area contributed by atoms with Crippen LogP contribution in [0.25, 0.3) is 22.2 Å². The van der Waals surface area contributed by atoms with Gasteiger partial charge in [0.2, 0.25) is 0 Å². The van der Waals surface area contributed by atoms with Crippen molar-refractivity contribution in [2.75, 3.05) is 0 Å². The molecule has 6 heteroatoms. The molecular weight excluding hydrogens is 404 g/mol. The van der Waals surface area contributed by atoms with Crippen LogP contribution in [0.1, 0.15) is 81.6 Å². The fourth-order valence-corrected chi connectivity index (χ4v) is 4.56. The lowest BCUT2D eigenvalue weighted by atomic mass is 9.81. The Balaban J connectivity index is 1.88. The normalized spacial score (nSPS) is 15.0. The van der Waals surface area contributed by atoms with Crippen molar-refractivity contribution in [2.24, 2.45) is 0 Å². The van der Waals surface area contributed by atoms with Crippen LogP contribution in [0.2, 0.25) is 0 Å². The molecule has 1 aromatic carbocycles. The lowest BCUT2D eigenvalue weighted by molar-refractivity contribution is -0.131. The number of hydrogen-bond acceptors (Lipinski definition) is 5. The topological polar surface area (TPSA) is 81.3 Å². The number of carbonyl (C=O) groups is 2. The number of nitrogens with one attached hydrogen (secondary N) is 1. The Morgan fingerprint density at radius 3 is 2.53 bits per heavy atom. The summed E-state index contributed by atoms with van der Waals surface area (Å²) in [5.74, 6) is 0.150. The quantitative estimate of drug-likeness (QED) is 0.393. The number of H-pyrrole nitrogens is 1. The van der Waals surface area contributed by atoms with E-state index in [0.717, 1.165) is 35.0 Å². The first-order valence-corrected chi connectivity index (χ1v) is 11.2. The van der Waals surface area contributed by atoms with E-state index in [1.165, 1.54) is 31.7 Å². The lowest BCUT2D eigenvalue weighted by Crippen LogP contribution is -2.24. The van der Waals surface area contributed by atoms with Gasteiger partial charge in [-0.15, -0.1) is 0 Å². The standard InChI is InChI=1S/C26H30N2O4/c1-16(29)31-18-10-11-20-22(14-18)28-24(23(20)17-8-6-5-7-9-17)21-15-27-13-12-19(21)25(30)32-26(2,3)4/h10-15,17,28H,5-9H2,1-4H3. The minimum absolute atomic E-state index is 0.358. The number of aromatic amines is 1. The molecule has 0 saturated heterocycles. The molecule has 0 atom stereocenters. The summed E-state index contributed by atoms with van der Waals surface area (Å²) in [6.07, 6.45) is 9.18. The molecule has 0 unspecified atom stereocenters. The van der Waals surface area contributed by atoms with Gasteiger partial charge in [0.25, 0.3) is 0 Å². The van der Waals surface area contributed by atoms with Gasteiger partial charge in [-0.05, 0) is 63.3 Å². The van der Waals surface area contributed by atoms with Gasteiger partial charge in [0.1, 0.15) is 11.4 Å². The van der Waals surface area contributed by atoms with E-state index in [2.05, 4.69) is 9.97 Å². The molecule has 1 saturated carbocycles. The summed E-state index contributed by atoms with van der Waals surface area (Å²) in [6, 6.07) is 7.38. The van der Waals surface area contributed by atoms with Crippen LogP contribution >= 0.6 is 0 Å². The number of rotatable bonds is 4. The number of carbonyl (C=O) groups excluding carboxylic acids is 2. The fourth-order valence-electron chi connectivity index (χ4n) is 4.56. The third-order valence-corrected chi connectivity index (χ3v) is 5.79. The van der Waals surface area contributed by atoms with Crippen molar-refractivity contribution in [1.82, 2.24) is 9.97 Å². The molecule has 0 aliphatic heterocycles. The summed E-state index contributed by atoms with van der Waals surface area (Å²) in [7, 11) is 0. The van der Waals surface area contributed by atoms with Crippen LogP contribution in [-0.2, 0) is 9.53 Å². The van der Waals surface area contributed by atoms with E-state index in [1.807, 2.05) is 39.0 Å². The monoisotopic (exact) mass is 434 g/mol. The third kappa shape index (κ3) is 4.69. The summed E-state index contributed by atoms with van der Waals surface area (Å²) in [6.45, 7) is 6.97. The Bertz CT molecular complexity index is 1150. The number of aromatic nitrogens is 2. The largest absolute Gasteiger partial charge is 0.456 e. The van der Waals surface area contributed by atoms with Gasteiger partial charge in [0, 0.05) is 41.9 Å². The zero-order valence-electron chi connectivity index (χ0n) is 19.2. The van der Waals surface area contributed by atoms with Crippen molar-refractivity contribution >= 4 is 22.8 Å². The highest BCUT2D eigenvalue weighted by Crippen LogP contribution is 2.43. The van der Waals surface area contributed by atoms with Crippen LogP contribution in [0, 0.1) is 0 Å². The SMILES string of the molecule is CC(=O)Oc1ccc2c(C3CCCCC3)c(-c3cnccc3C(=O)OC(C)(C)C)[nH]c2c1. The molecule has 1 aliphatic rings. The van der Waals surface area contributed by atoms with Crippen molar-refractivity contribution in [3.63, 3.8) is 0 Å². The number of nitrogens with zero attached hydrogens (tertiary/aromatic N) is 1. The number of ether oxygens (including phenoxy) is 2. The van der Waals surface area contributed by atoms with Gasteiger partial charge in [-0.25, -0.2) is 4.79 Å². The second-order valence-electron chi connectivity index (χ2n) is 9.47. The highest BCUT2D eigenvalue weighted by molar-refractivity contribution is 6.00. The van der Waals surface area contributed by atoms with Crippen LogP contribution in [-0.4, -0.2) is 27.5 Å². The summed E-state index contributed by atoms with van der Waals surface area (Å²) < 4.78 is 11.0. The molecule has 6 nitrogen and oxygen atoms in total. The van der Waals surface area contributed by atoms with Crippen LogP contribution in [0.15, 0.2) is 36.7 Å². The van der Waals surface area contributed by atoms with Crippen LogP contribution in [0.3, 0.4) is 0 Å². The molecule has 0 radical (unpaired) electrons. The van der Waals surface area contributed by atoms with E-state index in [4.69, 9.17) is 9.47 Å². The Morgan fingerprint density at radius 2 is 1.84 bits per heavy atom. The third-order valence-electron chi connectivity index (χ3n) is 5.79. The number of fused-ring (bicyclic) bond motifs is 1. The van der Waals surface area contributed by atoms with Crippen LogP contribution in [0.4, 0.5) is 0 Å². The van der Waals surface area contributed by atoms with E-state index in [9.17, 15) is 9.59 Å². The Labute approximate surface area is 188 Å². The average molecular weight is 435 g/mol. The van der Waals surface area contributed by atoms with Gasteiger partial charge in [0.15, 0.2) is 0 Å². The second kappa shape index (κ2) is 8.77. The molecular formula is C26H30N2O4. The maximum atomic E-state index is 13.0. The maximum Gasteiger partial charge on any atom is 0.339 e. The van der Waals surface area contributed by atoms with Crippen LogP contribution in [0.5, 0.6) is 5.75 Å². The van der Waals surface area contributed by atoms with Gasteiger partial charge in [-0.1, -0.05) is 19.3 Å². The van der Waals surface area contributed by atoms with E-state index in [-0.39, 0.29) is 11.9 Å². The second-order valence-corrected chi connectivity index (χ2v) is 9.47. The van der Waals surface area contributed by atoms with Gasteiger partial charge in [0.05, 0.1) is 11.3 Å². The molecule has 0 bridgehead atoms. The fraction of sp³-hybridized carbons (Fsp3) is 0.423. The summed E-state index contributed by atoms with van der Waals surface area (Å²) in [4.78, 5) is 32.3. The highest BCUT2D eigenvalue weighted by atomic mass is 16.6. The van der Waals surface area contributed by atoms with Crippen LogP contribution < -0.4 is 4.74 Å². The molecule has 3 aromatic rings. The number of benzene rings is 1. The van der Waals surface area contributed by atoms with Crippen molar-refractivity contribution in [2.45, 2.75) is 71.3 Å². The predicted molar refractivity (Wildman–Crippen MR) is 124 cm³/mol. The first-order valence-electron chi connectivity index (χ1n) is 11.2. The number of hydrogen-bond donors (Lipinski definition) is 1. The zero-order chi connectivity index (χ0) is 22.9. The van der Waals surface area contributed by atoms with E-state index < -0.39 is 5.60 Å². The first kappa shape index (κ1) is 22.1. The molecule has 2 heterocycles. The minimum atomic E-state index is -0.594. The van der Waals surface area contributed by atoms with Gasteiger partial charge < -0.3 is 14.5 Å². The molecule has 1 fully saturated rings. The first-order chi connectivity index (χ1) is 15.2. The minimum Gasteiger partial charge on any atom is -0.456 e. The molecule has 1 N–H and O–H groups in total. The van der Waals surface area contributed by atoms with Gasteiger partial charge in [-0.3, -0.25) is 9.78 Å². The van der Waals surface area contributed by atoms with Crippen molar-refractivity contribution in [3.8, 4) is 17.0 Å². The van der Waals surface area contributed by atoms with Gasteiger partial charge in [-0.2, -0.15) is 0 Å². The predicted octanol–water partition coefficient (Wildman–Crippen LogP) is 6.16. The average Bonchev–Trinajstić information content (AvgIpc) is 3.11. The van der Waals surface area contributed by atoms with Crippen molar-refractivity contribution in [3.05, 3.63) is 47.8 Å². The molecule has 32 heavy (non-hydrogen) atoms. The Kier molecular flexibility index (Phi) is 6.04. The summed E-state index contributed by atoms with van der Waals surface area (Å²) in [5.41, 5.74) is 3.58. The van der Waals surface area contributed by atoms with E-state index in [0.29, 0.717) is 17.2 Å². The summed E-state index contributed by atoms with van der Waals surface area (Å²) in [5, 5.41) is 1.08. The van der Waals surface area contributed by atoms with Crippen molar-refractivity contribution < 1.29 is 19.1 Å². The summed E-state index contributed by atoms with van der Waals surface area (Å²) >= 11 is 0. The molecule has 168 valence electrons. The molecule has 0 amide bonds. The zero-order valence-corrected chi connectivity index (χ0v) is 19.2. The molecule has 0 spiro atoms. The van der Waals surface area contributed by atoms with Crippen molar-refractivity contribution in [1.29, 1.82) is 0 Å². The molecule has 1 aliphatic carbocycles. The van der Waals surface area contributed by atoms with Gasteiger partial charge >= 0.3 is 11.9 Å². The Morgan fingerprint density at radius 1 is 1.09 bits per heavy atom. The maximum absolute atomic E-state index is 13.0. The Hall–Kier alpha value is -3.15. The molecule has 4 rings (SSSR count). The van der Waals surface area contributed by atoms with E-state index in [1.54, 1.807) is 18.5 Å². The number of pyridine rings is 1. The number of esters is 2.